The van der Waals surface area contributed by atoms with Gasteiger partial charge in [0, 0.05) is 0 Å². The van der Waals surface area contributed by atoms with Crippen molar-refractivity contribution >= 4 is 21.9 Å². The number of sulfonamides is 1. The summed E-state index contributed by atoms with van der Waals surface area (Å²) in [5.74, 6) is -2.39. The summed E-state index contributed by atoms with van der Waals surface area (Å²) in [5.41, 5.74) is 4.93. The number of nitrogens with two attached hydrogens (primary N) is 1. The monoisotopic (exact) mass is 318 g/mol. The fourth-order valence-electron chi connectivity index (χ4n) is 1.30. The van der Waals surface area contributed by atoms with Crippen molar-refractivity contribution in [2.45, 2.75) is 30.9 Å². The maximum atomic E-state index is 12.8. The maximum Gasteiger partial charge on any atom is 0.324 e. The molecule has 0 bridgehead atoms. The quantitative estimate of drug-likeness (QED) is 0.711. The molecule has 1 amide bonds. The van der Waals surface area contributed by atoms with Crippen LogP contribution in [0.4, 0.5) is 4.39 Å². The zero-order valence-corrected chi connectivity index (χ0v) is 12.2. The molecular formula is C12H15FN2O5S. The molecule has 1 rings (SSSR count). The lowest BCUT2D eigenvalue weighted by Crippen LogP contribution is -2.42. The van der Waals surface area contributed by atoms with Gasteiger partial charge < -0.3 is 10.5 Å². The fourth-order valence-corrected chi connectivity index (χ4v) is 2.49. The summed E-state index contributed by atoms with van der Waals surface area (Å²) in [6, 6.07) is 2.84. The topological polar surface area (TPSA) is 116 Å². The van der Waals surface area contributed by atoms with Gasteiger partial charge in [0.05, 0.1) is 4.90 Å². The van der Waals surface area contributed by atoms with Crippen molar-refractivity contribution in [1.29, 1.82) is 0 Å². The van der Waals surface area contributed by atoms with Gasteiger partial charge in [-0.05, 0) is 38.1 Å². The molecule has 0 heterocycles. The first kappa shape index (κ1) is 17.1. The Kier molecular flexibility index (Phi) is 5.39. The molecule has 0 saturated heterocycles. The van der Waals surface area contributed by atoms with Crippen LogP contribution in [0.15, 0.2) is 29.2 Å². The molecule has 21 heavy (non-hydrogen) atoms. The van der Waals surface area contributed by atoms with E-state index >= 15 is 0 Å². The molecule has 1 aromatic carbocycles. The van der Waals surface area contributed by atoms with Gasteiger partial charge in [-0.3, -0.25) is 9.59 Å². The number of hydrogen-bond donors (Lipinski definition) is 2. The third kappa shape index (κ3) is 4.80. The van der Waals surface area contributed by atoms with Crippen LogP contribution in [0.1, 0.15) is 13.8 Å². The van der Waals surface area contributed by atoms with Crippen LogP contribution in [0.5, 0.6) is 0 Å². The van der Waals surface area contributed by atoms with Crippen molar-refractivity contribution in [2.24, 2.45) is 5.73 Å². The number of carbonyl (C=O) groups excluding carboxylic acids is 2. The van der Waals surface area contributed by atoms with Gasteiger partial charge in [0.1, 0.15) is 11.9 Å². The van der Waals surface area contributed by atoms with E-state index in [1.54, 1.807) is 0 Å². The Balaban J connectivity index is 2.77. The molecule has 0 spiro atoms. The third-order valence-electron chi connectivity index (χ3n) is 2.50. The predicted molar refractivity (Wildman–Crippen MR) is 70.9 cm³/mol. The predicted octanol–water partition coefficient (Wildman–Crippen LogP) is -0.0905. The van der Waals surface area contributed by atoms with E-state index in [1.165, 1.54) is 13.8 Å². The fraction of sp³-hybridized carbons (Fsp3) is 0.333. The number of ether oxygens (including phenoxy) is 1. The number of nitrogens with one attached hydrogen (secondary N) is 1. The van der Waals surface area contributed by atoms with E-state index in [9.17, 15) is 22.4 Å². The van der Waals surface area contributed by atoms with E-state index < -0.39 is 39.9 Å². The summed E-state index contributed by atoms with van der Waals surface area (Å²) >= 11 is 0. The molecule has 9 heteroatoms. The van der Waals surface area contributed by atoms with E-state index in [-0.39, 0.29) is 4.90 Å². The first-order valence-corrected chi connectivity index (χ1v) is 7.39. The van der Waals surface area contributed by atoms with Crippen LogP contribution >= 0.6 is 0 Å². The normalized spacial score (nSPS) is 14.2. The number of amides is 1. The molecule has 0 aromatic heterocycles. The average Bonchev–Trinajstić information content (AvgIpc) is 2.38. The second kappa shape index (κ2) is 6.64. The van der Waals surface area contributed by atoms with Crippen molar-refractivity contribution in [1.82, 2.24) is 4.72 Å². The third-order valence-corrected chi connectivity index (χ3v) is 4.06. The van der Waals surface area contributed by atoms with Crippen molar-refractivity contribution in [2.75, 3.05) is 0 Å². The van der Waals surface area contributed by atoms with Gasteiger partial charge >= 0.3 is 5.97 Å². The van der Waals surface area contributed by atoms with Gasteiger partial charge in [0.15, 0.2) is 6.10 Å². The molecule has 1 aromatic rings. The minimum absolute atomic E-state index is 0.202. The van der Waals surface area contributed by atoms with Gasteiger partial charge in [-0.1, -0.05) is 0 Å². The van der Waals surface area contributed by atoms with E-state index in [1.807, 2.05) is 0 Å². The van der Waals surface area contributed by atoms with Crippen LogP contribution in [0.3, 0.4) is 0 Å². The molecule has 0 aliphatic rings. The highest BCUT2D eigenvalue weighted by molar-refractivity contribution is 7.89. The molecule has 0 unspecified atom stereocenters. The number of primary amides is 1. The molecule has 0 radical (unpaired) electrons. The van der Waals surface area contributed by atoms with Crippen LogP contribution < -0.4 is 10.5 Å². The number of hydrogen-bond acceptors (Lipinski definition) is 5. The largest absolute Gasteiger partial charge is 0.451 e. The molecule has 0 saturated carbocycles. The molecule has 3 N–H and O–H groups in total. The number of rotatable bonds is 6. The molecular weight excluding hydrogens is 303 g/mol. The first-order valence-electron chi connectivity index (χ1n) is 5.91. The number of halogens is 1. The first-order chi connectivity index (χ1) is 9.63. The number of benzene rings is 1. The second-order valence-electron chi connectivity index (χ2n) is 4.28. The summed E-state index contributed by atoms with van der Waals surface area (Å²) in [6.07, 6.45) is -1.17. The Bertz CT molecular complexity index is 630. The van der Waals surface area contributed by atoms with Gasteiger partial charge in [-0.2, -0.15) is 4.72 Å². The van der Waals surface area contributed by atoms with Gasteiger partial charge in [-0.15, -0.1) is 0 Å². The lowest BCUT2D eigenvalue weighted by molar-refractivity contribution is -0.155. The van der Waals surface area contributed by atoms with E-state index in [0.717, 1.165) is 24.3 Å². The lowest BCUT2D eigenvalue weighted by atomic mass is 10.3. The highest BCUT2D eigenvalue weighted by atomic mass is 32.2. The van der Waals surface area contributed by atoms with E-state index in [2.05, 4.69) is 9.46 Å². The molecule has 0 fully saturated rings. The molecule has 2 atom stereocenters. The summed E-state index contributed by atoms with van der Waals surface area (Å²) in [6.45, 7) is 2.51. The molecule has 116 valence electrons. The Morgan fingerprint density at radius 1 is 1.24 bits per heavy atom. The molecule has 7 nitrogen and oxygen atoms in total. The number of esters is 1. The van der Waals surface area contributed by atoms with Gasteiger partial charge in [-0.25, -0.2) is 12.8 Å². The standard InChI is InChI=1S/C12H15FN2O5S/c1-7(12(17)20-8(2)11(14)16)15-21(18,19)10-5-3-9(13)4-6-10/h3-8,15H,1-2H3,(H2,14,16)/t7-,8+/m1/s1. The van der Waals surface area contributed by atoms with Crippen LogP contribution in [-0.4, -0.2) is 32.4 Å². The average molecular weight is 318 g/mol. The molecule has 0 aliphatic heterocycles. The molecule has 0 aliphatic carbocycles. The van der Waals surface area contributed by atoms with Crippen LogP contribution in [0.2, 0.25) is 0 Å². The van der Waals surface area contributed by atoms with E-state index in [0.29, 0.717) is 0 Å². The minimum atomic E-state index is -4.01. The second-order valence-corrected chi connectivity index (χ2v) is 5.99. The van der Waals surface area contributed by atoms with E-state index in [4.69, 9.17) is 5.73 Å². The number of carbonyl (C=O) groups is 2. The summed E-state index contributed by atoms with van der Waals surface area (Å²) in [4.78, 5) is 22.2. The Labute approximate surface area is 121 Å². The van der Waals surface area contributed by atoms with Crippen molar-refractivity contribution < 1.29 is 27.1 Å². The Morgan fingerprint density at radius 2 is 1.76 bits per heavy atom. The van der Waals surface area contributed by atoms with Gasteiger partial charge in [0.2, 0.25) is 10.0 Å². The zero-order valence-electron chi connectivity index (χ0n) is 11.4. The maximum absolute atomic E-state index is 12.8. The summed E-state index contributed by atoms with van der Waals surface area (Å²) in [7, 11) is -4.01. The SMILES string of the molecule is C[C@H](OC(=O)[C@@H](C)NS(=O)(=O)c1ccc(F)cc1)C(N)=O. The van der Waals surface area contributed by atoms with Crippen molar-refractivity contribution in [3.63, 3.8) is 0 Å². The smallest absolute Gasteiger partial charge is 0.324 e. The highest BCUT2D eigenvalue weighted by Crippen LogP contribution is 2.10. The van der Waals surface area contributed by atoms with Crippen LogP contribution in [0, 0.1) is 5.82 Å². The van der Waals surface area contributed by atoms with Crippen molar-refractivity contribution in [3.05, 3.63) is 30.1 Å². The summed E-state index contributed by atoms with van der Waals surface area (Å²) < 4.78 is 43.4. The van der Waals surface area contributed by atoms with Crippen LogP contribution in [-0.2, 0) is 24.3 Å². The van der Waals surface area contributed by atoms with Crippen LogP contribution in [0.25, 0.3) is 0 Å². The Morgan fingerprint density at radius 3 is 2.24 bits per heavy atom. The zero-order chi connectivity index (χ0) is 16.2. The Hall–Kier alpha value is -2.00. The van der Waals surface area contributed by atoms with Crippen molar-refractivity contribution in [3.8, 4) is 0 Å². The highest BCUT2D eigenvalue weighted by Gasteiger charge is 2.25. The lowest BCUT2D eigenvalue weighted by Gasteiger charge is -2.16. The minimum Gasteiger partial charge on any atom is -0.451 e. The summed E-state index contributed by atoms with van der Waals surface area (Å²) in [5, 5.41) is 0. The van der Waals surface area contributed by atoms with Gasteiger partial charge in [0.25, 0.3) is 5.91 Å².